The van der Waals surface area contributed by atoms with E-state index in [1.807, 2.05) is 72.8 Å². The average Bonchev–Trinajstić information content (AvgIpc) is 2.67. The molecule has 0 atom stereocenters. The maximum absolute atomic E-state index is 12.1. The van der Waals surface area contributed by atoms with Crippen molar-refractivity contribution in [1.82, 2.24) is 10.8 Å². The van der Waals surface area contributed by atoms with Crippen LogP contribution in [0.1, 0.15) is 11.1 Å². The summed E-state index contributed by atoms with van der Waals surface area (Å²) in [6.07, 6.45) is 0.222. The number of hydrogen-bond donors (Lipinski definition) is 2. The van der Waals surface area contributed by atoms with Crippen LogP contribution in [0.2, 0.25) is 0 Å². The summed E-state index contributed by atoms with van der Waals surface area (Å²) in [5.74, 6) is -0.605. The molecule has 3 aromatic rings. The number of carbonyl (C=O) groups is 2. The van der Waals surface area contributed by atoms with Crippen molar-refractivity contribution in [2.75, 3.05) is 6.54 Å². The quantitative estimate of drug-likeness (QED) is 0.645. The first-order valence-corrected chi connectivity index (χ1v) is 8.40. The minimum absolute atomic E-state index is 0.127. The standard InChI is InChI=1S/C21H20N2O3/c24-20(13-18-11-6-10-17-9-4-5-12-19(17)18)22-14-21(25)23-26-15-16-7-2-1-3-8-16/h1-12H,13-15H2,(H,22,24)(H,23,25). The summed E-state index contributed by atoms with van der Waals surface area (Å²) in [4.78, 5) is 29.0. The lowest BCUT2D eigenvalue weighted by Gasteiger charge is -2.09. The molecule has 0 bridgehead atoms. The Morgan fingerprint density at radius 2 is 1.54 bits per heavy atom. The van der Waals surface area contributed by atoms with Gasteiger partial charge in [-0.05, 0) is 21.9 Å². The number of nitrogens with one attached hydrogen (secondary N) is 2. The molecule has 26 heavy (non-hydrogen) atoms. The van der Waals surface area contributed by atoms with Crippen molar-refractivity contribution in [3.05, 3.63) is 83.9 Å². The fraction of sp³-hybridized carbons (Fsp3) is 0.143. The monoisotopic (exact) mass is 348 g/mol. The van der Waals surface area contributed by atoms with E-state index in [1.165, 1.54) is 0 Å². The van der Waals surface area contributed by atoms with Crippen LogP contribution < -0.4 is 10.8 Å². The van der Waals surface area contributed by atoms with E-state index in [9.17, 15) is 9.59 Å². The Balaban J connectivity index is 1.44. The van der Waals surface area contributed by atoms with Gasteiger partial charge in [-0.2, -0.15) is 0 Å². The van der Waals surface area contributed by atoms with Gasteiger partial charge in [-0.15, -0.1) is 0 Å². The van der Waals surface area contributed by atoms with Crippen LogP contribution in [-0.2, 0) is 27.5 Å². The molecular formula is C21H20N2O3. The molecule has 0 heterocycles. The Morgan fingerprint density at radius 1 is 0.808 bits per heavy atom. The van der Waals surface area contributed by atoms with E-state index in [0.29, 0.717) is 0 Å². The van der Waals surface area contributed by atoms with Gasteiger partial charge in [0.2, 0.25) is 5.91 Å². The molecule has 0 aliphatic carbocycles. The summed E-state index contributed by atoms with van der Waals surface area (Å²) in [6.45, 7) is 0.148. The summed E-state index contributed by atoms with van der Waals surface area (Å²) in [5.41, 5.74) is 4.21. The molecule has 0 saturated carbocycles. The van der Waals surface area contributed by atoms with Crippen LogP contribution >= 0.6 is 0 Å². The van der Waals surface area contributed by atoms with Gasteiger partial charge in [0.15, 0.2) is 0 Å². The Bertz CT molecular complexity index is 889. The highest BCUT2D eigenvalue weighted by Gasteiger charge is 2.09. The summed E-state index contributed by atoms with van der Waals surface area (Å²) in [6, 6.07) is 23.3. The zero-order valence-corrected chi connectivity index (χ0v) is 14.3. The molecule has 0 aromatic heterocycles. The number of fused-ring (bicyclic) bond motifs is 1. The van der Waals surface area contributed by atoms with Crippen molar-refractivity contribution in [3.63, 3.8) is 0 Å². The van der Waals surface area contributed by atoms with Crippen molar-refractivity contribution in [1.29, 1.82) is 0 Å². The van der Waals surface area contributed by atoms with Gasteiger partial charge in [0, 0.05) is 0 Å². The fourth-order valence-corrected chi connectivity index (χ4v) is 2.67. The van der Waals surface area contributed by atoms with Gasteiger partial charge in [0.1, 0.15) is 0 Å². The fourth-order valence-electron chi connectivity index (χ4n) is 2.67. The molecule has 0 radical (unpaired) electrons. The SMILES string of the molecule is O=C(Cc1cccc2ccccc12)NCC(=O)NOCc1ccccc1. The third-order valence-electron chi connectivity index (χ3n) is 3.94. The zero-order valence-electron chi connectivity index (χ0n) is 14.3. The molecule has 2 N–H and O–H groups in total. The summed E-state index contributed by atoms with van der Waals surface area (Å²) < 4.78 is 0. The van der Waals surface area contributed by atoms with E-state index in [-0.39, 0.29) is 25.5 Å². The molecule has 2 amide bonds. The second-order valence-corrected chi connectivity index (χ2v) is 5.89. The third-order valence-corrected chi connectivity index (χ3v) is 3.94. The predicted molar refractivity (Wildman–Crippen MR) is 100 cm³/mol. The first-order chi connectivity index (χ1) is 12.7. The molecule has 5 nitrogen and oxygen atoms in total. The minimum atomic E-state index is -0.396. The minimum Gasteiger partial charge on any atom is -0.347 e. The van der Waals surface area contributed by atoms with Crippen molar-refractivity contribution < 1.29 is 14.4 Å². The molecular weight excluding hydrogens is 328 g/mol. The lowest BCUT2D eigenvalue weighted by atomic mass is 10.0. The van der Waals surface area contributed by atoms with Gasteiger partial charge < -0.3 is 5.32 Å². The van der Waals surface area contributed by atoms with Crippen molar-refractivity contribution in [2.45, 2.75) is 13.0 Å². The highest BCUT2D eigenvalue weighted by Crippen LogP contribution is 2.18. The van der Waals surface area contributed by atoms with Crippen molar-refractivity contribution >= 4 is 22.6 Å². The smallest absolute Gasteiger partial charge is 0.262 e. The van der Waals surface area contributed by atoms with Gasteiger partial charge in [-0.3, -0.25) is 14.4 Å². The second kappa shape index (κ2) is 8.78. The molecule has 0 aliphatic heterocycles. The van der Waals surface area contributed by atoms with E-state index in [1.54, 1.807) is 0 Å². The maximum atomic E-state index is 12.1. The number of hydroxylamine groups is 1. The molecule has 0 unspecified atom stereocenters. The Hall–Kier alpha value is -3.18. The molecule has 3 aromatic carbocycles. The van der Waals surface area contributed by atoms with Gasteiger partial charge >= 0.3 is 0 Å². The maximum Gasteiger partial charge on any atom is 0.262 e. The summed E-state index contributed by atoms with van der Waals surface area (Å²) >= 11 is 0. The van der Waals surface area contributed by atoms with Crippen LogP contribution in [0.15, 0.2) is 72.8 Å². The topological polar surface area (TPSA) is 67.4 Å². The van der Waals surface area contributed by atoms with Gasteiger partial charge in [0.05, 0.1) is 19.6 Å². The zero-order chi connectivity index (χ0) is 18.2. The number of hydrogen-bond acceptors (Lipinski definition) is 3. The Kier molecular flexibility index (Phi) is 5.96. The van der Waals surface area contributed by atoms with Crippen LogP contribution in [0, 0.1) is 0 Å². The molecule has 132 valence electrons. The first kappa shape index (κ1) is 17.6. The third kappa shape index (κ3) is 4.91. The number of rotatable bonds is 7. The lowest BCUT2D eigenvalue weighted by molar-refractivity contribution is -0.135. The van der Waals surface area contributed by atoms with E-state index >= 15 is 0 Å². The number of carbonyl (C=O) groups excluding carboxylic acids is 2. The van der Waals surface area contributed by atoms with Crippen LogP contribution in [0.3, 0.4) is 0 Å². The van der Waals surface area contributed by atoms with Gasteiger partial charge in [0.25, 0.3) is 5.91 Å². The molecule has 5 heteroatoms. The second-order valence-electron chi connectivity index (χ2n) is 5.89. The van der Waals surface area contributed by atoms with Crippen LogP contribution in [-0.4, -0.2) is 18.4 Å². The molecule has 0 aliphatic rings. The van der Waals surface area contributed by atoms with Crippen LogP contribution in [0.5, 0.6) is 0 Å². The lowest BCUT2D eigenvalue weighted by Crippen LogP contribution is -2.37. The van der Waals surface area contributed by atoms with Crippen LogP contribution in [0.25, 0.3) is 10.8 Å². The number of benzene rings is 3. The number of amides is 2. The van der Waals surface area contributed by atoms with E-state index in [4.69, 9.17) is 4.84 Å². The highest BCUT2D eigenvalue weighted by molar-refractivity contribution is 5.91. The van der Waals surface area contributed by atoms with Gasteiger partial charge in [-0.25, -0.2) is 5.48 Å². The Morgan fingerprint density at radius 3 is 2.38 bits per heavy atom. The van der Waals surface area contributed by atoms with E-state index in [0.717, 1.165) is 21.9 Å². The van der Waals surface area contributed by atoms with Crippen molar-refractivity contribution in [3.8, 4) is 0 Å². The molecule has 0 saturated heterocycles. The average molecular weight is 348 g/mol. The highest BCUT2D eigenvalue weighted by atomic mass is 16.6. The van der Waals surface area contributed by atoms with Crippen LogP contribution in [0.4, 0.5) is 0 Å². The normalized spacial score (nSPS) is 10.5. The summed E-state index contributed by atoms with van der Waals surface area (Å²) in [7, 11) is 0. The van der Waals surface area contributed by atoms with E-state index < -0.39 is 5.91 Å². The van der Waals surface area contributed by atoms with E-state index in [2.05, 4.69) is 10.8 Å². The Labute approximate surface area is 151 Å². The van der Waals surface area contributed by atoms with Crippen molar-refractivity contribution in [2.24, 2.45) is 0 Å². The molecule has 0 spiro atoms. The summed E-state index contributed by atoms with van der Waals surface area (Å²) in [5, 5.41) is 4.74. The predicted octanol–water partition coefficient (Wildman–Crippen LogP) is 2.75. The molecule has 3 rings (SSSR count). The van der Waals surface area contributed by atoms with Gasteiger partial charge in [-0.1, -0.05) is 72.8 Å². The molecule has 0 fully saturated rings. The first-order valence-electron chi connectivity index (χ1n) is 8.40. The largest absolute Gasteiger partial charge is 0.347 e.